The van der Waals surface area contributed by atoms with Crippen LogP contribution in [0.15, 0.2) is 30.3 Å². The number of fused-ring (bicyclic) bond motifs is 1. The topological polar surface area (TPSA) is 99.7 Å². The molecule has 26 heavy (non-hydrogen) atoms. The van der Waals surface area contributed by atoms with Crippen LogP contribution in [0.1, 0.15) is 37.6 Å². The van der Waals surface area contributed by atoms with Gasteiger partial charge in [-0.05, 0) is 26.3 Å². The molecule has 0 bridgehead atoms. The van der Waals surface area contributed by atoms with Gasteiger partial charge in [0.1, 0.15) is 12.2 Å². The van der Waals surface area contributed by atoms with E-state index in [1.54, 1.807) is 20.8 Å². The van der Waals surface area contributed by atoms with E-state index in [0.717, 1.165) is 10.2 Å². The summed E-state index contributed by atoms with van der Waals surface area (Å²) in [5, 5.41) is 4.04. The van der Waals surface area contributed by atoms with Gasteiger partial charge in [-0.1, -0.05) is 30.3 Å². The van der Waals surface area contributed by atoms with Crippen molar-refractivity contribution in [2.75, 3.05) is 5.73 Å². The highest BCUT2D eigenvalue weighted by Crippen LogP contribution is 2.28. The number of hydrogen-bond acceptors (Lipinski definition) is 6. The minimum Gasteiger partial charge on any atom is -0.445 e. The maximum atomic E-state index is 12.3. The predicted molar refractivity (Wildman–Crippen MR) is 94.1 cm³/mol. The monoisotopic (exact) mass is 358 g/mol. The van der Waals surface area contributed by atoms with Crippen LogP contribution in [0.3, 0.4) is 0 Å². The molecule has 8 heteroatoms. The molecular formula is C18H22N4O4. The number of nitrogens with zero attached hydrogens (tertiary/aromatic N) is 3. The van der Waals surface area contributed by atoms with Gasteiger partial charge in [0.25, 0.3) is 0 Å². The summed E-state index contributed by atoms with van der Waals surface area (Å²) >= 11 is 0. The maximum absolute atomic E-state index is 12.3. The standard InChI is InChI=1S/C18H22N4O4/c1-18(2,3)26-17(24)22-14-10-21(9-13(14)15(19)20-22)16(23)25-11-12-7-5-4-6-8-12/h4-8H,9-11H2,1-3H3,(H2,19,20). The highest BCUT2D eigenvalue weighted by atomic mass is 16.6. The molecule has 0 saturated carbocycles. The molecule has 138 valence electrons. The molecule has 0 unspecified atom stereocenters. The van der Waals surface area contributed by atoms with Gasteiger partial charge in [-0.3, -0.25) is 4.90 Å². The van der Waals surface area contributed by atoms with Gasteiger partial charge in [0.15, 0.2) is 5.82 Å². The molecule has 3 rings (SSSR count). The number of carbonyl (C=O) groups is 2. The van der Waals surface area contributed by atoms with Crippen molar-refractivity contribution in [2.45, 2.75) is 46.1 Å². The van der Waals surface area contributed by atoms with Crippen molar-refractivity contribution in [3.8, 4) is 0 Å². The average Bonchev–Trinajstić information content (AvgIpc) is 3.13. The van der Waals surface area contributed by atoms with Crippen molar-refractivity contribution in [1.29, 1.82) is 0 Å². The normalized spacial score (nSPS) is 13.4. The van der Waals surface area contributed by atoms with Gasteiger partial charge >= 0.3 is 12.2 Å². The van der Waals surface area contributed by atoms with Gasteiger partial charge in [-0.15, -0.1) is 5.10 Å². The third-order valence-corrected chi connectivity index (χ3v) is 3.84. The summed E-state index contributed by atoms with van der Waals surface area (Å²) in [5.74, 6) is 0.212. The number of carbonyl (C=O) groups excluding carboxylic acids is 2. The highest BCUT2D eigenvalue weighted by molar-refractivity contribution is 5.75. The van der Waals surface area contributed by atoms with E-state index in [4.69, 9.17) is 15.2 Å². The van der Waals surface area contributed by atoms with E-state index in [1.807, 2.05) is 30.3 Å². The zero-order chi connectivity index (χ0) is 18.9. The van der Waals surface area contributed by atoms with Gasteiger partial charge in [-0.2, -0.15) is 4.68 Å². The summed E-state index contributed by atoms with van der Waals surface area (Å²) < 4.78 is 11.8. The Morgan fingerprint density at radius 2 is 1.85 bits per heavy atom. The van der Waals surface area contributed by atoms with Crippen LogP contribution in [0.2, 0.25) is 0 Å². The van der Waals surface area contributed by atoms with Crippen LogP contribution in [-0.4, -0.2) is 32.5 Å². The first kappa shape index (κ1) is 17.8. The molecule has 0 atom stereocenters. The number of rotatable bonds is 2. The van der Waals surface area contributed by atoms with Crippen LogP contribution in [0.5, 0.6) is 0 Å². The Labute approximate surface area is 151 Å². The van der Waals surface area contributed by atoms with Crippen molar-refractivity contribution in [1.82, 2.24) is 14.7 Å². The molecule has 2 heterocycles. The molecule has 8 nitrogen and oxygen atoms in total. The Morgan fingerprint density at radius 1 is 1.15 bits per heavy atom. The average molecular weight is 358 g/mol. The Balaban J connectivity index is 1.67. The molecule has 1 aromatic heterocycles. The van der Waals surface area contributed by atoms with Crippen LogP contribution in [0.25, 0.3) is 0 Å². The van der Waals surface area contributed by atoms with E-state index >= 15 is 0 Å². The smallest absolute Gasteiger partial charge is 0.435 e. The fourth-order valence-corrected chi connectivity index (χ4v) is 2.66. The third-order valence-electron chi connectivity index (χ3n) is 3.84. The summed E-state index contributed by atoms with van der Waals surface area (Å²) in [5.41, 5.74) is 7.34. The van der Waals surface area contributed by atoms with E-state index in [1.165, 1.54) is 4.90 Å². The van der Waals surface area contributed by atoms with Crippen LogP contribution >= 0.6 is 0 Å². The lowest BCUT2D eigenvalue weighted by molar-refractivity contribution is 0.0504. The molecule has 0 radical (unpaired) electrons. The molecule has 0 fully saturated rings. The Kier molecular flexibility index (Phi) is 4.58. The molecule has 1 amide bonds. The first-order chi connectivity index (χ1) is 12.2. The van der Waals surface area contributed by atoms with E-state index < -0.39 is 17.8 Å². The number of hydrogen-bond donors (Lipinski definition) is 1. The van der Waals surface area contributed by atoms with Crippen LogP contribution in [0, 0.1) is 0 Å². The van der Waals surface area contributed by atoms with Crippen molar-refractivity contribution in [3.05, 3.63) is 47.2 Å². The van der Waals surface area contributed by atoms with Crippen molar-refractivity contribution >= 4 is 18.0 Å². The molecule has 2 aromatic rings. The fraction of sp³-hybridized carbons (Fsp3) is 0.389. The van der Waals surface area contributed by atoms with Crippen molar-refractivity contribution in [2.24, 2.45) is 0 Å². The molecule has 0 saturated heterocycles. The SMILES string of the molecule is CC(C)(C)OC(=O)n1nc(N)c2c1CN(C(=O)OCc1ccccc1)C2. The minimum absolute atomic E-state index is 0.181. The third kappa shape index (κ3) is 3.79. The predicted octanol–water partition coefficient (Wildman–Crippen LogP) is 2.90. The second kappa shape index (κ2) is 6.70. The molecule has 1 aliphatic rings. The van der Waals surface area contributed by atoms with E-state index in [9.17, 15) is 9.59 Å². The lowest BCUT2D eigenvalue weighted by Gasteiger charge is -2.20. The van der Waals surface area contributed by atoms with E-state index in [0.29, 0.717) is 11.3 Å². The van der Waals surface area contributed by atoms with Gasteiger partial charge in [-0.25, -0.2) is 9.59 Å². The number of nitrogen functional groups attached to an aromatic ring is 1. The quantitative estimate of drug-likeness (QED) is 0.886. The van der Waals surface area contributed by atoms with Gasteiger partial charge in [0.2, 0.25) is 0 Å². The Hall–Kier alpha value is -3.03. The summed E-state index contributed by atoms with van der Waals surface area (Å²) in [6.07, 6.45) is -1.09. The largest absolute Gasteiger partial charge is 0.445 e. The maximum Gasteiger partial charge on any atom is 0.435 e. The number of ether oxygens (including phenoxy) is 2. The highest BCUT2D eigenvalue weighted by Gasteiger charge is 2.33. The van der Waals surface area contributed by atoms with E-state index in [-0.39, 0.29) is 25.5 Å². The van der Waals surface area contributed by atoms with Crippen molar-refractivity contribution < 1.29 is 19.1 Å². The Morgan fingerprint density at radius 3 is 2.50 bits per heavy atom. The fourth-order valence-electron chi connectivity index (χ4n) is 2.66. The number of nitrogens with two attached hydrogens (primary N) is 1. The first-order valence-electron chi connectivity index (χ1n) is 8.30. The van der Waals surface area contributed by atoms with Gasteiger partial charge < -0.3 is 15.2 Å². The molecule has 2 N–H and O–H groups in total. The van der Waals surface area contributed by atoms with Crippen molar-refractivity contribution in [3.63, 3.8) is 0 Å². The van der Waals surface area contributed by atoms with Gasteiger partial charge in [0, 0.05) is 5.56 Å². The molecule has 0 aliphatic carbocycles. The van der Waals surface area contributed by atoms with Crippen LogP contribution < -0.4 is 5.73 Å². The minimum atomic E-state index is -0.655. The number of anilines is 1. The van der Waals surface area contributed by atoms with Gasteiger partial charge in [0.05, 0.1) is 18.8 Å². The summed E-state index contributed by atoms with van der Waals surface area (Å²) in [6.45, 7) is 5.92. The number of aromatic nitrogens is 2. The molecule has 1 aromatic carbocycles. The summed E-state index contributed by atoms with van der Waals surface area (Å²) in [6, 6.07) is 9.42. The molecule has 0 spiro atoms. The Bertz CT molecular complexity index is 824. The summed E-state index contributed by atoms with van der Waals surface area (Å²) in [4.78, 5) is 26.1. The zero-order valence-electron chi connectivity index (χ0n) is 15.1. The first-order valence-corrected chi connectivity index (χ1v) is 8.30. The zero-order valence-corrected chi connectivity index (χ0v) is 15.1. The van der Waals surface area contributed by atoms with Crippen LogP contribution in [-0.2, 0) is 29.2 Å². The summed E-state index contributed by atoms with van der Waals surface area (Å²) in [7, 11) is 0. The molecule has 1 aliphatic heterocycles. The van der Waals surface area contributed by atoms with E-state index in [2.05, 4.69) is 5.10 Å². The second-order valence-electron chi connectivity index (χ2n) is 7.10. The lowest BCUT2D eigenvalue weighted by atomic mass is 10.2. The number of benzene rings is 1. The number of amides is 1. The van der Waals surface area contributed by atoms with Crippen LogP contribution in [0.4, 0.5) is 15.4 Å². The lowest BCUT2D eigenvalue weighted by Crippen LogP contribution is -2.30. The molecular weight excluding hydrogens is 336 g/mol. The second-order valence-corrected chi connectivity index (χ2v) is 7.10.